The molecule has 1 N–H and O–H groups in total. The summed E-state index contributed by atoms with van der Waals surface area (Å²) in [5.41, 5.74) is 0.253. The summed E-state index contributed by atoms with van der Waals surface area (Å²) in [7, 11) is 0. The third-order valence-corrected chi connectivity index (χ3v) is 6.41. The van der Waals surface area contributed by atoms with Crippen LogP contribution < -0.4 is 10.1 Å². The number of benzene rings is 2. The van der Waals surface area contributed by atoms with E-state index in [1.54, 1.807) is 48.6 Å². The van der Waals surface area contributed by atoms with Gasteiger partial charge in [0.25, 0.3) is 5.91 Å². The monoisotopic (exact) mass is 567 g/mol. The van der Waals surface area contributed by atoms with Gasteiger partial charge in [0.2, 0.25) is 0 Å². The molecule has 8 nitrogen and oxygen atoms in total. The standard InChI is InChI=1S/C31H35F2N3O5/c1-30(2,3)34-28(38)26-22(19-10-12-21(13-11-19)40-27-23(32)8-7-9-24(27)33)17-36(25(26)18-37)20-14-15-35(16-20)29(39)41-31(4,5)6/h7-13,17-18,20H,14-16H2,1-6H3,(H,34,38). The fraction of sp³-hybridized carbons (Fsp3) is 0.387. The summed E-state index contributed by atoms with van der Waals surface area (Å²) >= 11 is 0. The number of nitrogens with zero attached hydrogens (tertiary/aromatic N) is 2. The lowest BCUT2D eigenvalue weighted by Crippen LogP contribution is -2.41. The average Bonchev–Trinajstić information content (AvgIpc) is 3.50. The number of para-hydroxylation sites is 1. The molecule has 0 aliphatic carbocycles. The summed E-state index contributed by atoms with van der Waals surface area (Å²) < 4.78 is 40.8. The highest BCUT2D eigenvalue weighted by Crippen LogP contribution is 2.35. The number of rotatable bonds is 6. The molecule has 4 rings (SSSR count). The Balaban J connectivity index is 1.70. The lowest BCUT2D eigenvalue weighted by atomic mass is 10.0. The van der Waals surface area contributed by atoms with Gasteiger partial charge in [0.05, 0.1) is 17.3 Å². The third-order valence-electron chi connectivity index (χ3n) is 6.41. The molecule has 41 heavy (non-hydrogen) atoms. The molecule has 1 aliphatic heterocycles. The van der Waals surface area contributed by atoms with Crippen LogP contribution in [-0.2, 0) is 4.74 Å². The molecule has 1 saturated heterocycles. The fourth-order valence-corrected chi connectivity index (χ4v) is 4.68. The van der Waals surface area contributed by atoms with Gasteiger partial charge in [-0.15, -0.1) is 0 Å². The molecule has 0 radical (unpaired) electrons. The molecular weight excluding hydrogens is 532 g/mol. The molecule has 2 heterocycles. The van der Waals surface area contributed by atoms with E-state index in [0.717, 1.165) is 12.1 Å². The van der Waals surface area contributed by atoms with Crippen molar-refractivity contribution in [3.05, 3.63) is 71.6 Å². The summed E-state index contributed by atoms with van der Waals surface area (Å²) in [6, 6.07) is 9.55. The zero-order valence-electron chi connectivity index (χ0n) is 24.1. The van der Waals surface area contributed by atoms with Crippen LogP contribution in [0.15, 0.2) is 48.7 Å². The molecule has 1 aromatic heterocycles. The molecule has 2 amide bonds. The molecule has 0 saturated carbocycles. The van der Waals surface area contributed by atoms with Crippen molar-refractivity contribution >= 4 is 18.3 Å². The van der Waals surface area contributed by atoms with Crippen molar-refractivity contribution in [3.63, 3.8) is 0 Å². The Labute approximate surface area is 238 Å². The Morgan fingerprint density at radius 2 is 1.63 bits per heavy atom. The quantitative estimate of drug-likeness (QED) is 0.333. The highest BCUT2D eigenvalue weighted by atomic mass is 19.1. The van der Waals surface area contributed by atoms with Gasteiger partial charge in [-0.1, -0.05) is 18.2 Å². The Morgan fingerprint density at radius 1 is 1.00 bits per heavy atom. The second-order valence-corrected chi connectivity index (χ2v) is 12.1. The molecule has 1 atom stereocenters. The number of amides is 2. The van der Waals surface area contributed by atoms with E-state index < -0.39 is 40.5 Å². The first kappa shape index (κ1) is 29.8. The SMILES string of the molecule is CC(C)(C)NC(=O)c1c(-c2ccc(Oc3c(F)cccc3F)cc2)cn(C2CCN(C(=O)OC(C)(C)C)C2)c1C=O. The predicted molar refractivity (Wildman–Crippen MR) is 150 cm³/mol. The van der Waals surface area contributed by atoms with Crippen molar-refractivity contribution in [2.24, 2.45) is 0 Å². The summed E-state index contributed by atoms with van der Waals surface area (Å²) in [5.74, 6) is -2.42. The number of ether oxygens (including phenoxy) is 2. The Bertz CT molecular complexity index is 1430. The topological polar surface area (TPSA) is 89.9 Å². The summed E-state index contributed by atoms with van der Waals surface area (Å²) in [6.07, 6.45) is 2.51. The fourth-order valence-electron chi connectivity index (χ4n) is 4.68. The van der Waals surface area contributed by atoms with Gasteiger partial charge >= 0.3 is 6.09 Å². The number of hydrogen-bond acceptors (Lipinski definition) is 5. The molecule has 1 fully saturated rings. The van der Waals surface area contributed by atoms with Crippen LogP contribution in [-0.4, -0.2) is 52.0 Å². The van der Waals surface area contributed by atoms with Crippen LogP contribution in [0.25, 0.3) is 11.1 Å². The molecular formula is C31H35F2N3O5. The first-order valence-electron chi connectivity index (χ1n) is 13.4. The first-order chi connectivity index (χ1) is 19.2. The van der Waals surface area contributed by atoms with E-state index in [1.165, 1.54) is 18.2 Å². The number of carbonyl (C=O) groups is 3. The lowest BCUT2D eigenvalue weighted by molar-refractivity contribution is 0.0289. The highest BCUT2D eigenvalue weighted by molar-refractivity contribution is 6.07. The van der Waals surface area contributed by atoms with E-state index in [1.807, 2.05) is 20.8 Å². The smallest absolute Gasteiger partial charge is 0.410 e. The van der Waals surface area contributed by atoms with Crippen molar-refractivity contribution in [3.8, 4) is 22.6 Å². The van der Waals surface area contributed by atoms with Crippen LogP contribution in [0.1, 0.15) is 74.9 Å². The van der Waals surface area contributed by atoms with Gasteiger partial charge in [-0.25, -0.2) is 13.6 Å². The van der Waals surface area contributed by atoms with Crippen LogP contribution >= 0.6 is 0 Å². The van der Waals surface area contributed by atoms with Crippen molar-refractivity contribution < 1.29 is 32.6 Å². The Hall–Kier alpha value is -4.21. The molecule has 0 spiro atoms. The van der Waals surface area contributed by atoms with E-state index >= 15 is 0 Å². The molecule has 10 heteroatoms. The molecule has 2 aromatic carbocycles. The maximum absolute atomic E-state index is 14.1. The van der Waals surface area contributed by atoms with Gasteiger partial charge in [0.1, 0.15) is 11.4 Å². The molecule has 0 bridgehead atoms. The summed E-state index contributed by atoms with van der Waals surface area (Å²) in [6.45, 7) is 11.7. The summed E-state index contributed by atoms with van der Waals surface area (Å²) in [4.78, 5) is 40.2. The summed E-state index contributed by atoms with van der Waals surface area (Å²) in [5, 5.41) is 2.93. The van der Waals surface area contributed by atoms with Gasteiger partial charge in [0.15, 0.2) is 23.7 Å². The van der Waals surface area contributed by atoms with Crippen molar-refractivity contribution in [1.29, 1.82) is 0 Å². The lowest BCUT2D eigenvalue weighted by Gasteiger charge is -2.24. The second kappa shape index (κ2) is 11.3. The average molecular weight is 568 g/mol. The number of carbonyl (C=O) groups excluding carboxylic acids is 3. The van der Waals surface area contributed by atoms with Crippen molar-refractivity contribution in [2.75, 3.05) is 13.1 Å². The van der Waals surface area contributed by atoms with Gasteiger partial charge in [-0.05, 0) is 77.8 Å². The number of likely N-dealkylation sites (tertiary alicyclic amines) is 1. The molecule has 1 aliphatic rings. The van der Waals surface area contributed by atoms with Gasteiger partial charge < -0.3 is 24.3 Å². The minimum absolute atomic E-state index is 0.187. The minimum atomic E-state index is -0.833. The van der Waals surface area contributed by atoms with Crippen LogP contribution in [0.3, 0.4) is 0 Å². The molecule has 1 unspecified atom stereocenters. The van der Waals surface area contributed by atoms with Crippen LogP contribution in [0.5, 0.6) is 11.5 Å². The predicted octanol–water partition coefficient (Wildman–Crippen LogP) is 6.75. The van der Waals surface area contributed by atoms with E-state index in [-0.39, 0.29) is 23.0 Å². The van der Waals surface area contributed by atoms with E-state index in [2.05, 4.69) is 5.32 Å². The molecule has 218 valence electrons. The van der Waals surface area contributed by atoms with Crippen LogP contribution in [0.4, 0.5) is 13.6 Å². The maximum atomic E-state index is 14.1. The number of halogens is 2. The normalized spacial score (nSPS) is 15.5. The second-order valence-electron chi connectivity index (χ2n) is 12.1. The van der Waals surface area contributed by atoms with E-state index in [9.17, 15) is 23.2 Å². The number of hydrogen-bond donors (Lipinski definition) is 1. The van der Waals surface area contributed by atoms with Gasteiger partial charge in [0, 0.05) is 30.4 Å². The first-order valence-corrected chi connectivity index (χ1v) is 13.4. The zero-order valence-corrected chi connectivity index (χ0v) is 24.1. The van der Waals surface area contributed by atoms with Crippen molar-refractivity contribution in [1.82, 2.24) is 14.8 Å². The molecule has 3 aromatic rings. The van der Waals surface area contributed by atoms with E-state index in [4.69, 9.17) is 9.47 Å². The zero-order chi connectivity index (χ0) is 30.1. The number of nitrogens with one attached hydrogen (secondary N) is 1. The van der Waals surface area contributed by atoms with Crippen molar-refractivity contribution in [2.45, 2.75) is 65.1 Å². The number of aromatic nitrogens is 1. The van der Waals surface area contributed by atoms with E-state index in [0.29, 0.717) is 36.9 Å². The Morgan fingerprint density at radius 3 is 2.20 bits per heavy atom. The van der Waals surface area contributed by atoms with Crippen LogP contribution in [0, 0.1) is 11.6 Å². The Kier molecular flexibility index (Phi) is 8.24. The largest absolute Gasteiger partial charge is 0.451 e. The maximum Gasteiger partial charge on any atom is 0.410 e. The third kappa shape index (κ3) is 6.93. The number of aldehydes is 1. The van der Waals surface area contributed by atoms with Gasteiger partial charge in [-0.2, -0.15) is 0 Å². The van der Waals surface area contributed by atoms with Gasteiger partial charge in [-0.3, -0.25) is 9.59 Å². The minimum Gasteiger partial charge on any atom is -0.451 e. The highest BCUT2D eigenvalue weighted by Gasteiger charge is 2.34. The van der Waals surface area contributed by atoms with Crippen LogP contribution in [0.2, 0.25) is 0 Å².